The van der Waals surface area contributed by atoms with Crippen LogP contribution in [0.3, 0.4) is 0 Å². The minimum absolute atomic E-state index is 0.0485. The van der Waals surface area contributed by atoms with E-state index in [1.54, 1.807) is 0 Å². The molecule has 0 spiro atoms. The van der Waals surface area contributed by atoms with Crippen LogP contribution in [0.5, 0.6) is 11.5 Å². The van der Waals surface area contributed by atoms with Crippen LogP contribution in [0.15, 0.2) is 97.1 Å². The Morgan fingerprint density at radius 2 is 1.12 bits per heavy atom. The van der Waals surface area contributed by atoms with Crippen LogP contribution in [-0.2, 0) is 4.74 Å². The van der Waals surface area contributed by atoms with Crippen LogP contribution in [0.2, 0.25) is 0 Å². The first-order chi connectivity index (χ1) is 21.1. The summed E-state index contributed by atoms with van der Waals surface area (Å²) < 4.78 is 17.9. The molecule has 1 atom stereocenters. The molecule has 5 nitrogen and oxygen atoms in total. The van der Waals surface area contributed by atoms with E-state index in [4.69, 9.17) is 14.2 Å². The van der Waals surface area contributed by atoms with Crippen LogP contribution < -0.4 is 9.47 Å². The molecule has 0 aliphatic rings. The Balaban J connectivity index is 1.76. The third-order valence-electron chi connectivity index (χ3n) is 7.75. The lowest BCUT2D eigenvalue weighted by atomic mass is 9.79. The average molecular weight is 577 g/mol. The predicted octanol–water partition coefficient (Wildman–Crippen LogP) is 8.68. The second kappa shape index (κ2) is 14.2. The monoisotopic (exact) mass is 576 g/mol. The normalized spacial score (nSPS) is 12.0. The maximum Gasteiger partial charge on any atom is 0.338 e. The smallest absolute Gasteiger partial charge is 0.338 e. The number of ether oxygens (including phenoxy) is 3. The third kappa shape index (κ3) is 6.52. The number of rotatable bonds is 13. The number of hydrogen-bond donors (Lipinski definition) is 1. The van der Waals surface area contributed by atoms with Crippen molar-refractivity contribution in [3.8, 4) is 11.5 Å². The van der Waals surface area contributed by atoms with Crippen LogP contribution in [0.1, 0.15) is 73.0 Å². The summed E-state index contributed by atoms with van der Waals surface area (Å²) in [6.07, 6.45) is 1.64. The molecule has 0 aliphatic carbocycles. The first kappa shape index (κ1) is 30.1. The van der Waals surface area contributed by atoms with Gasteiger partial charge >= 0.3 is 5.97 Å². The van der Waals surface area contributed by atoms with E-state index >= 15 is 0 Å². The summed E-state index contributed by atoms with van der Waals surface area (Å²) >= 11 is 0. The maximum absolute atomic E-state index is 13.6. The Labute approximate surface area is 254 Å². The second-order valence-electron chi connectivity index (χ2n) is 10.8. The van der Waals surface area contributed by atoms with Crippen LogP contribution >= 0.6 is 0 Å². The number of esters is 1. The van der Waals surface area contributed by atoms with Crippen molar-refractivity contribution in [1.82, 2.24) is 0 Å². The van der Waals surface area contributed by atoms with Crippen molar-refractivity contribution in [3.05, 3.63) is 119 Å². The number of carbonyl (C=O) groups excluding carboxylic acids is 1. The lowest BCUT2D eigenvalue weighted by molar-refractivity contribution is 0.0249. The van der Waals surface area contributed by atoms with Crippen LogP contribution in [-0.4, -0.2) is 37.0 Å². The topological polar surface area (TPSA) is 65.0 Å². The summed E-state index contributed by atoms with van der Waals surface area (Å²) in [6.45, 7) is 7.28. The molecule has 0 fully saturated rings. The van der Waals surface area contributed by atoms with Gasteiger partial charge in [-0.2, -0.15) is 0 Å². The molecule has 0 radical (unpaired) electrons. The van der Waals surface area contributed by atoms with Crippen molar-refractivity contribution in [1.29, 1.82) is 0 Å². The summed E-state index contributed by atoms with van der Waals surface area (Å²) in [7, 11) is 0. The first-order valence-electron chi connectivity index (χ1n) is 15.3. The van der Waals surface area contributed by atoms with Gasteiger partial charge in [-0.05, 0) is 64.9 Å². The van der Waals surface area contributed by atoms with Crippen molar-refractivity contribution in [2.24, 2.45) is 0 Å². The van der Waals surface area contributed by atoms with Crippen LogP contribution in [0.4, 0.5) is 0 Å². The van der Waals surface area contributed by atoms with E-state index in [1.165, 1.54) is 0 Å². The van der Waals surface area contributed by atoms with Gasteiger partial charge in [0.25, 0.3) is 0 Å². The van der Waals surface area contributed by atoms with Gasteiger partial charge in [0.05, 0.1) is 24.9 Å². The molecular formula is C38H40O5. The van der Waals surface area contributed by atoms with Crippen molar-refractivity contribution < 1.29 is 24.1 Å². The van der Waals surface area contributed by atoms with E-state index in [-0.39, 0.29) is 12.5 Å². The number of aliphatic hydroxyl groups excluding tert-OH is 1. The van der Waals surface area contributed by atoms with Gasteiger partial charge in [-0.15, -0.1) is 0 Å². The Morgan fingerprint density at radius 1 is 0.628 bits per heavy atom. The standard InChI is InChI=1S/C38H40O5/c1-4-23-41-35-21-19-32(27-13-7-9-15-29(27)35)37(31-17-11-12-18-34(31)38(40)43-25-26(39)6-3)33-20-22-36(42-24-5-2)30-16-10-8-14-28(30)33/h7-22,26,37,39H,4-6,23-25H2,1-3H3. The molecular weight excluding hydrogens is 536 g/mol. The van der Waals surface area contributed by atoms with E-state index < -0.39 is 12.1 Å². The van der Waals surface area contributed by atoms with E-state index in [0.29, 0.717) is 25.2 Å². The Hall–Kier alpha value is -4.35. The van der Waals surface area contributed by atoms with Gasteiger partial charge < -0.3 is 19.3 Å². The Kier molecular flexibility index (Phi) is 9.96. The highest BCUT2D eigenvalue weighted by molar-refractivity contribution is 5.97. The van der Waals surface area contributed by atoms with Gasteiger partial charge in [0, 0.05) is 16.7 Å². The number of aliphatic hydroxyl groups is 1. The molecule has 222 valence electrons. The predicted molar refractivity (Wildman–Crippen MR) is 173 cm³/mol. The van der Waals surface area contributed by atoms with Crippen molar-refractivity contribution in [2.75, 3.05) is 19.8 Å². The Morgan fingerprint density at radius 3 is 1.63 bits per heavy atom. The number of benzene rings is 5. The lowest BCUT2D eigenvalue weighted by Gasteiger charge is -2.25. The van der Waals surface area contributed by atoms with E-state index in [2.05, 4.69) is 50.2 Å². The van der Waals surface area contributed by atoms with Gasteiger partial charge in [0.15, 0.2) is 0 Å². The van der Waals surface area contributed by atoms with E-state index in [0.717, 1.165) is 62.6 Å². The second-order valence-corrected chi connectivity index (χ2v) is 10.8. The zero-order valence-corrected chi connectivity index (χ0v) is 25.2. The summed E-state index contributed by atoms with van der Waals surface area (Å²) in [5, 5.41) is 14.3. The molecule has 0 bridgehead atoms. The zero-order chi connectivity index (χ0) is 30.2. The quantitative estimate of drug-likeness (QED) is 0.112. The largest absolute Gasteiger partial charge is 0.493 e. The molecule has 5 rings (SSSR count). The molecule has 5 aromatic rings. The summed E-state index contributed by atoms with van der Waals surface area (Å²) in [6, 6.07) is 32.5. The first-order valence-corrected chi connectivity index (χ1v) is 15.3. The van der Waals surface area contributed by atoms with Crippen molar-refractivity contribution in [3.63, 3.8) is 0 Å². The molecule has 0 aliphatic heterocycles. The van der Waals surface area contributed by atoms with Crippen molar-refractivity contribution >= 4 is 27.5 Å². The molecule has 5 aromatic carbocycles. The highest BCUT2D eigenvalue weighted by Gasteiger charge is 2.27. The minimum atomic E-state index is -0.703. The lowest BCUT2D eigenvalue weighted by Crippen LogP contribution is -2.19. The maximum atomic E-state index is 13.6. The van der Waals surface area contributed by atoms with Crippen molar-refractivity contribution in [2.45, 2.75) is 52.1 Å². The summed E-state index contributed by atoms with van der Waals surface area (Å²) in [4.78, 5) is 13.6. The molecule has 0 saturated heterocycles. The molecule has 0 heterocycles. The van der Waals surface area contributed by atoms with Gasteiger partial charge in [-0.1, -0.05) is 99.6 Å². The molecule has 0 saturated carbocycles. The molecule has 1 unspecified atom stereocenters. The van der Waals surface area contributed by atoms with Gasteiger partial charge in [-0.3, -0.25) is 0 Å². The van der Waals surface area contributed by atoms with Gasteiger partial charge in [-0.25, -0.2) is 4.79 Å². The number of carbonyl (C=O) groups is 1. The molecule has 43 heavy (non-hydrogen) atoms. The number of fused-ring (bicyclic) bond motifs is 2. The van der Waals surface area contributed by atoms with E-state index in [1.807, 2.05) is 67.6 Å². The highest BCUT2D eigenvalue weighted by Crippen LogP contribution is 2.44. The fraction of sp³-hybridized carbons (Fsp3) is 0.289. The van der Waals surface area contributed by atoms with Crippen LogP contribution in [0.25, 0.3) is 21.5 Å². The summed E-state index contributed by atoms with van der Waals surface area (Å²) in [5.41, 5.74) is 3.42. The molecule has 1 N–H and O–H groups in total. The third-order valence-corrected chi connectivity index (χ3v) is 7.75. The zero-order valence-electron chi connectivity index (χ0n) is 25.2. The SMILES string of the molecule is CCCOc1ccc(C(c2ccccc2C(=O)OCC(O)CC)c2ccc(OCCC)c3ccccc23)c2ccccc12. The molecule has 0 amide bonds. The molecule has 0 aromatic heterocycles. The van der Waals surface area contributed by atoms with E-state index in [9.17, 15) is 9.90 Å². The van der Waals surface area contributed by atoms with Gasteiger partial charge in [0.1, 0.15) is 18.1 Å². The average Bonchev–Trinajstić information content (AvgIpc) is 3.06. The fourth-order valence-corrected chi connectivity index (χ4v) is 5.57. The Bertz CT molecular complexity index is 1600. The molecule has 5 heteroatoms. The van der Waals surface area contributed by atoms with Crippen LogP contribution in [0, 0.1) is 0 Å². The number of hydrogen-bond acceptors (Lipinski definition) is 5. The minimum Gasteiger partial charge on any atom is -0.493 e. The highest BCUT2D eigenvalue weighted by atomic mass is 16.5. The fourth-order valence-electron chi connectivity index (χ4n) is 5.57. The summed E-state index contributed by atoms with van der Waals surface area (Å²) in [5.74, 6) is 0.923. The van der Waals surface area contributed by atoms with Gasteiger partial charge in [0.2, 0.25) is 0 Å².